The molecular weight excluding hydrogens is 792 g/mol. The Morgan fingerprint density at radius 2 is 1.48 bits per heavy atom. The van der Waals surface area contributed by atoms with E-state index >= 15 is 0 Å². The van der Waals surface area contributed by atoms with Gasteiger partial charge in [0.25, 0.3) is 0 Å². The molecule has 0 aliphatic carbocycles. The van der Waals surface area contributed by atoms with Crippen LogP contribution in [0.5, 0.6) is 0 Å². The number of rotatable bonds is 27. The van der Waals surface area contributed by atoms with Crippen molar-refractivity contribution < 1.29 is 76.1 Å². The first kappa shape index (κ1) is 47.9. The zero-order valence-electron chi connectivity index (χ0n) is 31.2. The van der Waals surface area contributed by atoms with E-state index in [-0.39, 0.29) is 50.2 Å². The van der Waals surface area contributed by atoms with Crippen molar-refractivity contribution in [3.63, 3.8) is 0 Å². The molecule has 2 aliphatic heterocycles. The van der Waals surface area contributed by atoms with Crippen molar-refractivity contribution in [3.8, 4) is 0 Å². The van der Waals surface area contributed by atoms with E-state index in [9.17, 15) is 38.4 Å². The molecule has 0 radical (unpaired) electrons. The molecular formula is C30H55N7O17P2. The summed E-state index contributed by atoms with van der Waals surface area (Å²) in [6.07, 6.45) is -5.14. The van der Waals surface area contributed by atoms with Crippen molar-refractivity contribution in [2.45, 2.75) is 43.8 Å². The van der Waals surface area contributed by atoms with E-state index in [1.54, 1.807) is 0 Å². The van der Waals surface area contributed by atoms with Crippen LogP contribution in [-0.2, 0) is 57.9 Å². The second-order valence-corrected chi connectivity index (χ2v) is 15.3. The smallest absolute Gasteiger partial charge is 0.386 e. The van der Waals surface area contributed by atoms with Crippen LogP contribution in [0.3, 0.4) is 0 Å². The standard InChI is InChI=1S/C30H55N7O17P2/c1-35-7-9-36(10-8-35)20-25(39)33-6-12-49-14-16-51-18-17-50-15-13-48-11-4-24(38)32-5-2-3-22-19-37(30(41)34-28(22)31)29-26(40)27(54-56(45,46)47)23(53-29)21-52-55(42,43)44/h19,23,26-27,29,40H,2-18,20-21H2,1H3,(H,32,38)(H,33,39)(H2,31,34,41)(H2,42,43,44)(H2,45,46,47)/t23-,26+,27?,29-/m1/s1. The topological polar surface area (TPSA) is 325 Å². The van der Waals surface area contributed by atoms with Crippen LogP contribution in [0.1, 0.15) is 24.6 Å². The molecule has 2 saturated heterocycles. The van der Waals surface area contributed by atoms with Gasteiger partial charge in [0, 0.05) is 57.4 Å². The van der Waals surface area contributed by atoms with Crippen LogP contribution in [0.15, 0.2) is 11.0 Å². The molecule has 26 heteroatoms. The maximum atomic E-state index is 12.6. The predicted molar refractivity (Wildman–Crippen MR) is 194 cm³/mol. The number of anilines is 1. The summed E-state index contributed by atoms with van der Waals surface area (Å²) in [5.74, 6) is -0.420. The highest BCUT2D eigenvalue weighted by Gasteiger charge is 2.49. The van der Waals surface area contributed by atoms with E-state index < -0.39 is 52.5 Å². The average Bonchev–Trinajstić information content (AvgIpc) is 3.41. The molecule has 2 aliphatic rings. The first-order chi connectivity index (χ1) is 26.5. The summed E-state index contributed by atoms with van der Waals surface area (Å²) >= 11 is 0. The number of piperazine rings is 1. The number of carbonyl (C=O) groups is 2. The number of nitrogens with two attached hydrogens (primary N) is 1. The van der Waals surface area contributed by atoms with Gasteiger partial charge in [0.1, 0.15) is 24.1 Å². The monoisotopic (exact) mass is 847 g/mol. The minimum Gasteiger partial charge on any atom is -0.386 e. The third-order valence-corrected chi connectivity index (χ3v) is 9.38. The highest BCUT2D eigenvalue weighted by atomic mass is 31.2. The van der Waals surface area contributed by atoms with E-state index in [0.717, 1.165) is 30.7 Å². The van der Waals surface area contributed by atoms with Crippen LogP contribution in [-0.4, -0.2) is 186 Å². The summed E-state index contributed by atoms with van der Waals surface area (Å²) in [4.78, 5) is 81.4. The Balaban J connectivity index is 1.21. The predicted octanol–water partition coefficient (Wildman–Crippen LogP) is -3.46. The van der Waals surface area contributed by atoms with Gasteiger partial charge in [0.05, 0.1) is 66.0 Å². The number of aliphatic hydroxyl groups is 1. The van der Waals surface area contributed by atoms with Crippen molar-refractivity contribution >= 4 is 33.3 Å². The van der Waals surface area contributed by atoms with Gasteiger partial charge >= 0.3 is 21.3 Å². The Morgan fingerprint density at radius 1 is 0.893 bits per heavy atom. The molecule has 0 saturated carbocycles. The molecule has 0 bridgehead atoms. The Morgan fingerprint density at radius 3 is 2.09 bits per heavy atom. The van der Waals surface area contributed by atoms with Gasteiger partial charge < -0.3 is 69.6 Å². The van der Waals surface area contributed by atoms with Crippen molar-refractivity contribution in [2.24, 2.45) is 0 Å². The molecule has 0 spiro atoms. The summed E-state index contributed by atoms with van der Waals surface area (Å²) in [5.41, 5.74) is 5.21. The number of aromatic nitrogens is 2. The molecule has 1 unspecified atom stereocenters. The number of nitrogen functional groups attached to an aromatic ring is 1. The van der Waals surface area contributed by atoms with E-state index in [2.05, 4.69) is 41.5 Å². The first-order valence-corrected chi connectivity index (χ1v) is 21.0. The fraction of sp³-hybridized carbons (Fsp3) is 0.800. The third kappa shape index (κ3) is 18.9. The molecule has 322 valence electrons. The Labute approximate surface area is 323 Å². The number of ether oxygens (including phenoxy) is 5. The zero-order chi connectivity index (χ0) is 41.1. The average molecular weight is 848 g/mol. The normalized spacial score (nSPS) is 21.0. The minimum absolute atomic E-state index is 0.00693. The molecule has 1 aromatic heterocycles. The first-order valence-electron chi connectivity index (χ1n) is 17.9. The molecule has 4 atom stereocenters. The van der Waals surface area contributed by atoms with E-state index in [1.165, 1.54) is 6.20 Å². The summed E-state index contributed by atoms with van der Waals surface area (Å²) in [5, 5.41) is 16.3. The molecule has 2 amide bonds. The van der Waals surface area contributed by atoms with Crippen LogP contribution in [0.25, 0.3) is 0 Å². The van der Waals surface area contributed by atoms with Crippen LogP contribution in [0.4, 0.5) is 5.82 Å². The highest BCUT2D eigenvalue weighted by molar-refractivity contribution is 7.46. The van der Waals surface area contributed by atoms with Gasteiger partial charge in [-0.15, -0.1) is 0 Å². The molecule has 24 nitrogen and oxygen atoms in total. The maximum Gasteiger partial charge on any atom is 0.470 e. The number of aliphatic hydroxyl groups excluding tert-OH is 1. The van der Waals surface area contributed by atoms with Gasteiger partial charge in [0.2, 0.25) is 11.8 Å². The lowest BCUT2D eigenvalue weighted by Crippen LogP contribution is -2.48. The van der Waals surface area contributed by atoms with Crippen molar-refractivity contribution in [1.82, 2.24) is 30.0 Å². The van der Waals surface area contributed by atoms with Crippen LogP contribution >= 0.6 is 15.6 Å². The fourth-order valence-corrected chi connectivity index (χ4v) is 6.41. The van der Waals surface area contributed by atoms with Gasteiger partial charge in [-0.3, -0.25) is 28.1 Å². The Bertz CT molecular complexity index is 1510. The number of likely N-dealkylation sites (N-methyl/N-ethyl adjacent to an activating group) is 1. The van der Waals surface area contributed by atoms with Crippen LogP contribution in [0, 0.1) is 0 Å². The summed E-state index contributed by atoms with van der Waals surface area (Å²) in [6.45, 7) is 6.50. The summed E-state index contributed by atoms with van der Waals surface area (Å²) in [7, 11) is -8.21. The lowest BCUT2D eigenvalue weighted by molar-refractivity contribution is -0.123. The van der Waals surface area contributed by atoms with Gasteiger partial charge in [0.15, 0.2) is 6.23 Å². The number of phosphoric acid groups is 2. The molecule has 3 rings (SSSR count). The number of hydrogen-bond donors (Lipinski definition) is 8. The van der Waals surface area contributed by atoms with Gasteiger partial charge in [-0.25, -0.2) is 13.9 Å². The lowest BCUT2D eigenvalue weighted by atomic mass is 10.1. The van der Waals surface area contributed by atoms with Gasteiger partial charge in [-0.2, -0.15) is 4.98 Å². The quantitative estimate of drug-likeness (QED) is 0.0315. The maximum absolute atomic E-state index is 12.6. The zero-order valence-corrected chi connectivity index (χ0v) is 33.0. The largest absolute Gasteiger partial charge is 0.470 e. The summed E-state index contributed by atoms with van der Waals surface area (Å²) < 4.78 is 59.6. The number of amides is 2. The van der Waals surface area contributed by atoms with Crippen molar-refractivity contribution in [1.29, 1.82) is 0 Å². The number of phosphoric ester groups is 2. The third-order valence-electron chi connectivity index (χ3n) is 8.38. The molecule has 2 fully saturated rings. The second kappa shape index (κ2) is 24.4. The van der Waals surface area contributed by atoms with Crippen molar-refractivity contribution in [2.75, 3.05) is 118 Å². The molecule has 0 aromatic carbocycles. The fourth-order valence-electron chi connectivity index (χ4n) is 5.49. The number of aryl methyl sites for hydroxylation is 1. The number of hydrogen-bond acceptors (Lipinski definition) is 17. The SMILES string of the molecule is CN1CCN(CC(=O)NCCOCCOCCOCCOCCC(=O)NCCCc2cn([C@@H]3O[C@H](COP(=O)(O)O)C(OP(=O)(O)O)[C@@H]3O)c(=O)nc2N)CC1. The molecule has 56 heavy (non-hydrogen) atoms. The molecule has 9 N–H and O–H groups in total. The minimum atomic E-state index is -5.23. The second-order valence-electron chi connectivity index (χ2n) is 12.8. The number of nitrogens with one attached hydrogen (secondary N) is 2. The van der Waals surface area contributed by atoms with E-state index in [4.69, 9.17) is 39.2 Å². The summed E-state index contributed by atoms with van der Waals surface area (Å²) in [6, 6.07) is 0. The van der Waals surface area contributed by atoms with E-state index in [0.29, 0.717) is 64.7 Å². The van der Waals surface area contributed by atoms with Gasteiger partial charge in [-0.05, 0) is 19.9 Å². The van der Waals surface area contributed by atoms with Gasteiger partial charge in [-0.1, -0.05) is 0 Å². The van der Waals surface area contributed by atoms with Crippen LogP contribution < -0.4 is 22.1 Å². The van der Waals surface area contributed by atoms with E-state index in [1.807, 2.05) is 0 Å². The number of nitrogens with zero attached hydrogens (tertiary/aromatic N) is 4. The molecule has 1 aromatic rings. The lowest BCUT2D eigenvalue weighted by Gasteiger charge is -2.31. The van der Waals surface area contributed by atoms with Crippen LogP contribution in [0.2, 0.25) is 0 Å². The highest BCUT2D eigenvalue weighted by Crippen LogP contribution is 2.45. The molecule has 3 heterocycles. The van der Waals surface area contributed by atoms with Crippen molar-refractivity contribution in [3.05, 3.63) is 22.2 Å². The number of carbonyl (C=O) groups excluding carboxylic acids is 2. The Hall–Kier alpha value is -2.48. The Kier molecular flexibility index (Phi) is 20.9.